The average Bonchev–Trinajstić information content (AvgIpc) is 2.57. The number of nitrogens with one attached hydrogen (secondary N) is 1. The molecule has 1 fully saturated rings. The zero-order valence-electron chi connectivity index (χ0n) is 8.75. The first kappa shape index (κ1) is 10.1. The van der Waals surface area contributed by atoms with Gasteiger partial charge in [0.1, 0.15) is 0 Å². The van der Waals surface area contributed by atoms with E-state index in [-0.39, 0.29) is 0 Å². The number of hydrogen-bond donors (Lipinski definition) is 1. The Hall–Kier alpha value is -0.410. The van der Waals surface area contributed by atoms with Crippen LogP contribution in [0.15, 0.2) is 5.38 Å². The van der Waals surface area contributed by atoms with Gasteiger partial charge >= 0.3 is 0 Å². The molecule has 0 unspecified atom stereocenters. The Morgan fingerprint density at radius 3 is 3.00 bits per heavy atom. The topological polar surface area (TPSA) is 24.9 Å². The third-order valence-electron chi connectivity index (χ3n) is 2.82. The lowest BCUT2D eigenvalue weighted by Crippen LogP contribution is -2.36. The fourth-order valence-corrected chi connectivity index (χ4v) is 2.42. The molecule has 1 heterocycles. The van der Waals surface area contributed by atoms with Crippen molar-refractivity contribution in [2.45, 2.75) is 45.1 Å². The zero-order valence-corrected chi connectivity index (χ0v) is 9.57. The second kappa shape index (κ2) is 4.89. The van der Waals surface area contributed by atoms with Gasteiger partial charge in [0.25, 0.3) is 0 Å². The van der Waals surface area contributed by atoms with Crippen LogP contribution in [-0.4, -0.2) is 17.6 Å². The molecule has 2 rings (SSSR count). The summed E-state index contributed by atoms with van der Waals surface area (Å²) in [5.41, 5.74) is 1.26. The second-order valence-electron chi connectivity index (χ2n) is 3.92. The Balaban J connectivity index is 1.68. The van der Waals surface area contributed by atoms with E-state index in [0.29, 0.717) is 0 Å². The first-order chi connectivity index (χ1) is 6.88. The van der Waals surface area contributed by atoms with E-state index >= 15 is 0 Å². The third kappa shape index (κ3) is 2.55. The van der Waals surface area contributed by atoms with Gasteiger partial charge in [0.05, 0.1) is 10.7 Å². The van der Waals surface area contributed by atoms with Gasteiger partial charge in [0.2, 0.25) is 0 Å². The molecule has 14 heavy (non-hydrogen) atoms. The number of aromatic nitrogens is 1. The van der Waals surface area contributed by atoms with Gasteiger partial charge in [-0.05, 0) is 19.3 Å². The van der Waals surface area contributed by atoms with E-state index in [4.69, 9.17) is 0 Å². The predicted molar refractivity (Wildman–Crippen MR) is 60.8 cm³/mol. The molecule has 1 saturated carbocycles. The van der Waals surface area contributed by atoms with Crippen LogP contribution in [0.4, 0.5) is 0 Å². The number of nitrogens with zero attached hydrogens (tertiary/aromatic N) is 1. The number of hydrogen-bond acceptors (Lipinski definition) is 3. The molecule has 0 spiro atoms. The normalized spacial score (nSPS) is 16.9. The number of thiazole rings is 1. The first-order valence-corrected chi connectivity index (χ1v) is 6.43. The summed E-state index contributed by atoms with van der Waals surface area (Å²) < 4.78 is 0. The smallest absolute Gasteiger partial charge is 0.0925 e. The van der Waals surface area contributed by atoms with Gasteiger partial charge in [0.15, 0.2) is 0 Å². The fourth-order valence-electron chi connectivity index (χ4n) is 1.64. The molecule has 0 atom stereocenters. The lowest BCUT2D eigenvalue weighted by molar-refractivity contribution is 0.341. The Morgan fingerprint density at radius 2 is 2.43 bits per heavy atom. The molecule has 0 aromatic carbocycles. The van der Waals surface area contributed by atoms with Crippen LogP contribution in [0.3, 0.4) is 0 Å². The molecular weight excluding hydrogens is 192 g/mol. The van der Waals surface area contributed by atoms with E-state index < -0.39 is 0 Å². The van der Waals surface area contributed by atoms with Crippen LogP contribution in [0, 0.1) is 0 Å². The van der Waals surface area contributed by atoms with Gasteiger partial charge in [0, 0.05) is 24.4 Å². The van der Waals surface area contributed by atoms with Crippen LogP contribution in [0.5, 0.6) is 0 Å². The molecule has 1 aliphatic rings. The van der Waals surface area contributed by atoms with Crippen LogP contribution < -0.4 is 5.32 Å². The molecule has 1 aromatic heterocycles. The monoisotopic (exact) mass is 210 g/mol. The predicted octanol–water partition coefficient (Wildman–Crippen LogP) is 2.39. The van der Waals surface area contributed by atoms with E-state index in [2.05, 4.69) is 22.6 Å². The Bertz CT molecular complexity index is 279. The Morgan fingerprint density at radius 1 is 1.57 bits per heavy atom. The minimum atomic E-state index is 0.805. The number of aryl methyl sites for hydroxylation is 1. The van der Waals surface area contributed by atoms with Gasteiger partial charge in [-0.15, -0.1) is 11.3 Å². The average molecular weight is 210 g/mol. The highest BCUT2D eigenvalue weighted by Crippen LogP contribution is 2.18. The maximum Gasteiger partial charge on any atom is 0.0925 e. The lowest BCUT2D eigenvalue weighted by Gasteiger charge is -2.26. The summed E-state index contributed by atoms with van der Waals surface area (Å²) in [7, 11) is 0. The Labute approximate surface area is 89.8 Å². The summed E-state index contributed by atoms with van der Waals surface area (Å²) in [5, 5.41) is 7.02. The van der Waals surface area contributed by atoms with Crippen molar-refractivity contribution >= 4 is 11.3 Å². The van der Waals surface area contributed by atoms with Gasteiger partial charge < -0.3 is 5.32 Å². The van der Waals surface area contributed by atoms with Crippen molar-refractivity contribution in [2.75, 3.05) is 6.54 Å². The molecule has 3 heteroatoms. The molecule has 0 bridgehead atoms. The quantitative estimate of drug-likeness (QED) is 0.807. The summed E-state index contributed by atoms with van der Waals surface area (Å²) in [4.78, 5) is 4.55. The summed E-state index contributed by atoms with van der Waals surface area (Å²) in [6, 6.07) is 0.805. The van der Waals surface area contributed by atoms with Crippen LogP contribution in [-0.2, 0) is 12.8 Å². The Kier molecular flexibility index (Phi) is 3.54. The molecule has 0 saturated heterocycles. The fraction of sp³-hybridized carbons (Fsp3) is 0.727. The van der Waals surface area contributed by atoms with Gasteiger partial charge in [-0.3, -0.25) is 0 Å². The summed E-state index contributed by atoms with van der Waals surface area (Å²) in [6.45, 7) is 3.26. The van der Waals surface area contributed by atoms with E-state index in [1.165, 1.54) is 30.0 Å². The van der Waals surface area contributed by atoms with E-state index in [9.17, 15) is 0 Å². The minimum Gasteiger partial charge on any atom is -0.314 e. The van der Waals surface area contributed by atoms with Crippen LogP contribution in [0.25, 0.3) is 0 Å². The first-order valence-electron chi connectivity index (χ1n) is 5.55. The standard InChI is InChI=1S/C11H18N2S/c1-2-11-13-10(8-14-11)6-7-12-9-4-3-5-9/h8-9,12H,2-7H2,1H3. The SMILES string of the molecule is CCc1nc(CCNC2CCC2)cs1. The molecule has 0 amide bonds. The van der Waals surface area contributed by atoms with Crippen molar-refractivity contribution in [3.8, 4) is 0 Å². The van der Waals surface area contributed by atoms with Crippen molar-refractivity contribution in [2.24, 2.45) is 0 Å². The molecule has 1 aliphatic carbocycles. The summed E-state index contributed by atoms with van der Waals surface area (Å²) in [5.74, 6) is 0. The molecule has 2 nitrogen and oxygen atoms in total. The summed E-state index contributed by atoms with van der Waals surface area (Å²) in [6.07, 6.45) is 6.32. The second-order valence-corrected chi connectivity index (χ2v) is 4.86. The van der Waals surface area contributed by atoms with Crippen LogP contribution in [0.2, 0.25) is 0 Å². The molecule has 0 aliphatic heterocycles. The molecular formula is C11H18N2S. The van der Waals surface area contributed by atoms with Crippen molar-refractivity contribution in [1.82, 2.24) is 10.3 Å². The van der Waals surface area contributed by atoms with E-state index in [0.717, 1.165) is 25.4 Å². The largest absolute Gasteiger partial charge is 0.314 e. The summed E-state index contributed by atoms with van der Waals surface area (Å²) >= 11 is 1.79. The van der Waals surface area contributed by atoms with Crippen molar-refractivity contribution < 1.29 is 0 Å². The molecule has 78 valence electrons. The molecule has 1 aromatic rings. The third-order valence-corrected chi connectivity index (χ3v) is 3.86. The maximum absolute atomic E-state index is 4.55. The van der Waals surface area contributed by atoms with Gasteiger partial charge in [-0.2, -0.15) is 0 Å². The highest BCUT2D eigenvalue weighted by atomic mass is 32.1. The highest BCUT2D eigenvalue weighted by molar-refractivity contribution is 7.09. The maximum atomic E-state index is 4.55. The van der Waals surface area contributed by atoms with Gasteiger partial charge in [-0.25, -0.2) is 4.98 Å². The van der Waals surface area contributed by atoms with Crippen LogP contribution >= 0.6 is 11.3 Å². The van der Waals surface area contributed by atoms with Crippen molar-refractivity contribution in [3.63, 3.8) is 0 Å². The van der Waals surface area contributed by atoms with Gasteiger partial charge in [-0.1, -0.05) is 13.3 Å². The lowest BCUT2D eigenvalue weighted by atomic mass is 9.93. The molecule has 1 N–H and O–H groups in total. The van der Waals surface area contributed by atoms with E-state index in [1.807, 2.05) is 0 Å². The molecule has 0 radical (unpaired) electrons. The van der Waals surface area contributed by atoms with Crippen LogP contribution in [0.1, 0.15) is 36.9 Å². The van der Waals surface area contributed by atoms with Crippen molar-refractivity contribution in [1.29, 1.82) is 0 Å². The number of rotatable bonds is 5. The van der Waals surface area contributed by atoms with E-state index in [1.54, 1.807) is 11.3 Å². The van der Waals surface area contributed by atoms with Crippen molar-refractivity contribution in [3.05, 3.63) is 16.1 Å². The minimum absolute atomic E-state index is 0.805. The highest BCUT2D eigenvalue weighted by Gasteiger charge is 2.15. The zero-order chi connectivity index (χ0) is 9.80.